The molecular weight excluding hydrogens is 484 g/mol. The van der Waals surface area contributed by atoms with Crippen molar-refractivity contribution in [3.8, 4) is 0 Å². The molecule has 1 aromatic heterocycles. The van der Waals surface area contributed by atoms with Gasteiger partial charge in [0.25, 0.3) is 11.8 Å². The Morgan fingerprint density at radius 1 is 0.816 bits per heavy atom. The summed E-state index contributed by atoms with van der Waals surface area (Å²) in [6.45, 7) is 0.702. The summed E-state index contributed by atoms with van der Waals surface area (Å²) in [6, 6.07) is 27.9. The maximum atomic E-state index is 13.1. The summed E-state index contributed by atoms with van der Waals surface area (Å²) in [5, 5.41) is 3.88. The summed E-state index contributed by atoms with van der Waals surface area (Å²) in [6.07, 6.45) is 1.46. The van der Waals surface area contributed by atoms with Gasteiger partial charge in [-0.1, -0.05) is 78.9 Å². The molecule has 1 saturated heterocycles. The maximum absolute atomic E-state index is 13.1. The lowest BCUT2D eigenvalue weighted by molar-refractivity contribution is -0.253. The Morgan fingerprint density at radius 3 is 2.05 bits per heavy atom. The van der Waals surface area contributed by atoms with Gasteiger partial charge in [0.2, 0.25) is 0 Å². The summed E-state index contributed by atoms with van der Waals surface area (Å²) in [4.78, 5) is 48.3. The molecule has 2 unspecified atom stereocenters. The number of carbonyl (C=O) groups excluding carboxylic acids is 2. The van der Waals surface area contributed by atoms with Crippen molar-refractivity contribution in [2.45, 2.75) is 25.3 Å². The molecule has 2 atom stereocenters. The second-order valence-corrected chi connectivity index (χ2v) is 8.76. The fourth-order valence-electron chi connectivity index (χ4n) is 4.19. The number of ether oxygens (including phenoxy) is 1. The van der Waals surface area contributed by atoms with Gasteiger partial charge in [0.1, 0.15) is 24.5 Å². The van der Waals surface area contributed by atoms with Crippen LogP contribution >= 0.6 is 0 Å². The normalized spacial score (nSPS) is 16.6. The number of anilines is 1. The number of β-lactam (4-membered cyclic amide) rings is 1. The van der Waals surface area contributed by atoms with Crippen LogP contribution in [-0.2, 0) is 27.6 Å². The van der Waals surface area contributed by atoms with Crippen LogP contribution in [0.3, 0.4) is 0 Å². The molecule has 2 heterocycles. The lowest BCUT2D eigenvalue weighted by Crippen LogP contribution is -2.64. The van der Waals surface area contributed by atoms with Crippen molar-refractivity contribution in [1.82, 2.24) is 14.6 Å². The number of hydroxylamine groups is 2. The number of hydrogen-bond donors (Lipinski definition) is 1. The largest absolute Gasteiger partial charge is 0.374 e. The van der Waals surface area contributed by atoms with Crippen LogP contribution in [0.5, 0.6) is 0 Å². The van der Waals surface area contributed by atoms with Crippen molar-refractivity contribution in [2.24, 2.45) is 0 Å². The van der Waals surface area contributed by atoms with E-state index in [1.165, 1.54) is 21.9 Å². The van der Waals surface area contributed by atoms with E-state index in [2.05, 4.69) is 10.3 Å². The zero-order chi connectivity index (χ0) is 26.3. The van der Waals surface area contributed by atoms with Gasteiger partial charge in [-0.2, -0.15) is 4.98 Å². The highest BCUT2D eigenvalue weighted by molar-refractivity contribution is 6.03. The van der Waals surface area contributed by atoms with Crippen LogP contribution in [0.4, 0.5) is 5.82 Å². The van der Waals surface area contributed by atoms with Gasteiger partial charge in [-0.15, -0.1) is 0 Å². The van der Waals surface area contributed by atoms with Crippen molar-refractivity contribution in [3.05, 3.63) is 130 Å². The van der Waals surface area contributed by atoms with Crippen molar-refractivity contribution in [3.63, 3.8) is 0 Å². The first-order valence-corrected chi connectivity index (χ1v) is 12.2. The highest BCUT2D eigenvalue weighted by atomic mass is 16.7. The Balaban J connectivity index is 1.30. The molecule has 4 aromatic rings. The van der Waals surface area contributed by atoms with Gasteiger partial charge >= 0.3 is 5.69 Å². The van der Waals surface area contributed by atoms with Crippen molar-refractivity contribution >= 4 is 17.6 Å². The molecule has 5 rings (SSSR count). The smallest absolute Gasteiger partial charge is 0.350 e. The van der Waals surface area contributed by atoms with E-state index in [9.17, 15) is 14.4 Å². The van der Waals surface area contributed by atoms with Crippen molar-refractivity contribution in [1.29, 1.82) is 0 Å². The number of carbonyl (C=O) groups is 2. The SMILES string of the molecule is O=C(Nc1ccn(C2C(=O)N(OCc3ccccc3)C2COCc2ccccc2)c(=O)n1)c1ccccc1. The molecule has 0 saturated carbocycles. The quantitative estimate of drug-likeness (QED) is 0.327. The second kappa shape index (κ2) is 11.6. The molecule has 3 aromatic carbocycles. The third-order valence-electron chi connectivity index (χ3n) is 6.16. The Kier molecular flexibility index (Phi) is 7.67. The number of hydrogen-bond acceptors (Lipinski definition) is 6. The first-order valence-electron chi connectivity index (χ1n) is 12.2. The van der Waals surface area contributed by atoms with Crippen LogP contribution in [0.25, 0.3) is 0 Å². The first-order chi connectivity index (χ1) is 18.6. The Morgan fingerprint density at radius 2 is 1.42 bits per heavy atom. The van der Waals surface area contributed by atoms with Crippen LogP contribution in [-0.4, -0.2) is 39.1 Å². The molecule has 9 heteroatoms. The average molecular weight is 511 g/mol. The zero-order valence-corrected chi connectivity index (χ0v) is 20.5. The van der Waals surface area contributed by atoms with Crippen molar-refractivity contribution in [2.75, 3.05) is 11.9 Å². The van der Waals surface area contributed by atoms with E-state index in [0.717, 1.165) is 11.1 Å². The maximum Gasteiger partial charge on any atom is 0.350 e. The number of benzene rings is 3. The monoisotopic (exact) mass is 510 g/mol. The number of rotatable bonds is 10. The second-order valence-electron chi connectivity index (χ2n) is 8.76. The molecule has 1 aliphatic rings. The fourth-order valence-corrected chi connectivity index (χ4v) is 4.19. The van der Waals surface area contributed by atoms with E-state index in [1.54, 1.807) is 30.3 Å². The molecule has 0 spiro atoms. The molecule has 0 aliphatic carbocycles. The third kappa shape index (κ3) is 5.69. The molecule has 1 fully saturated rings. The zero-order valence-electron chi connectivity index (χ0n) is 20.5. The molecule has 1 aliphatic heterocycles. The highest BCUT2D eigenvalue weighted by Crippen LogP contribution is 2.32. The van der Waals surface area contributed by atoms with Crippen LogP contribution in [0.15, 0.2) is 108 Å². The average Bonchev–Trinajstić information content (AvgIpc) is 2.95. The summed E-state index contributed by atoms with van der Waals surface area (Å²) in [5.74, 6) is -0.664. The molecule has 1 N–H and O–H groups in total. The van der Waals surface area contributed by atoms with Gasteiger partial charge in [-0.3, -0.25) is 19.0 Å². The van der Waals surface area contributed by atoms with Gasteiger partial charge in [0.05, 0.1) is 13.2 Å². The van der Waals surface area contributed by atoms with Crippen LogP contribution in [0.1, 0.15) is 27.5 Å². The summed E-state index contributed by atoms with van der Waals surface area (Å²) >= 11 is 0. The van der Waals surface area contributed by atoms with Crippen LogP contribution in [0.2, 0.25) is 0 Å². The minimum Gasteiger partial charge on any atom is -0.374 e. The Labute approximate surface area is 219 Å². The van der Waals surface area contributed by atoms with Gasteiger partial charge in [-0.05, 0) is 29.3 Å². The minimum atomic E-state index is -0.847. The number of nitrogens with zero attached hydrogens (tertiary/aromatic N) is 3. The molecule has 2 amide bonds. The molecular formula is C29H26N4O5. The van der Waals surface area contributed by atoms with E-state index in [4.69, 9.17) is 9.57 Å². The van der Waals surface area contributed by atoms with E-state index in [0.29, 0.717) is 12.2 Å². The predicted octanol–water partition coefficient (Wildman–Crippen LogP) is 3.60. The molecule has 192 valence electrons. The highest BCUT2D eigenvalue weighted by Gasteiger charge is 2.50. The van der Waals surface area contributed by atoms with E-state index in [1.807, 2.05) is 60.7 Å². The molecule has 0 radical (unpaired) electrons. The van der Waals surface area contributed by atoms with Crippen LogP contribution in [0, 0.1) is 0 Å². The number of amides is 2. The summed E-state index contributed by atoms with van der Waals surface area (Å²) < 4.78 is 7.15. The van der Waals surface area contributed by atoms with Gasteiger partial charge in [0.15, 0.2) is 0 Å². The fraction of sp³-hybridized carbons (Fsp3) is 0.172. The predicted molar refractivity (Wildman–Crippen MR) is 140 cm³/mol. The first kappa shape index (κ1) is 25.1. The lowest BCUT2D eigenvalue weighted by atomic mass is 9.98. The Bertz CT molecular complexity index is 1440. The van der Waals surface area contributed by atoms with Gasteiger partial charge < -0.3 is 10.1 Å². The van der Waals surface area contributed by atoms with Gasteiger partial charge in [-0.25, -0.2) is 9.86 Å². The standard InChI is InChI=1S/C29H26N4O5/c34-27(23-14-8-3-9-15-23)30-25-16-17-32(29(36)31-25)26-24(20-37-18-21-10-4-1-5-11-21)33(28(26)35)38-19-22-12-6-2-7-13-22/h1-17,24,26H,18-20H2,(H,30,31,34,36). The van der Waals surface area contributed by atoms with E-state index >= 15 is 0 Å². The Hall–Kier alpha value is -4.60. The molecule has 38 heavy (non-hydrogen) atoms. The summed E-state index contributed by atoms with van der Waals surface area (Å²) in [7, 11) is 0. The topological polar surface area (TPSA) is 103 Å². The number of nitrogens with one attached hydrogen (secondary N) is 1. The number of aromatic nitrogens is 2. The molecule has 0 bridgehead atoms. The summed E-state index contributed by atoms with van der Waals surface area (Å²) in [5.41, 5.74) is 1.67. The molecule has 9 nitrogen and oxygen atoms in total. The van der Waals surface area contributed by atoms with Crippen molar-refractivity contribution < 1.29 is 19.2 Å². The van der Waals surface area contributed by atoms with E-state index < -0.39 is 17.8 Å². The lowest BCUT2D eigenvalue weighted by Gasteiger charge is -2.45. The van der Waals surface area contributed by atoms with E-state index in [-0.39, 0.29) is 30.8 Å². The minimum absolute atomic E-state index is 0.0981. The third-order valence-corrected chi connectivity index (χ3v) is 6.16. The van der Waals surface area contributed by atoms with Crippen LogP contribution < -0.4 is 11.0 Å². The van der Waals surface area contributed by atoms with Gasteiger partial charge in [0, 0.05) is 11.8 Å².